The first-order valence-electron chi connectivity index (χ1n) is 7.13. The Morgan fingerprint density at radius 3 is 2.36 bits per heavy atom. The van der Waals surface area contributed by atoms with E-state index in [1.807, 2.05) is 0 Å². The van der Waals surface area contributed by atoms with Gasteiger partial charge in [0.2, 0.25) is 0 Å². The highest BCUT2D eigenvalue weighted by atomic mass is 35.5. The van der Waals surface area contributed by atoms with E-state index in [0.29, 0.717) is 22.0 Å². The zero-order chi connectivity index (χ0) is 18.1. The number of phenolic OH excluding ortho intramolecular Hbond substituents is 1. The van der Waals surface area contributed by atoms with E-state index in [2.05, 4.69) is 5.10 Å². The minimum absolute atomic E-state index is 0.0587. The second kappa shape index (κ2) is 6.76. The molecular weight excluding hydrogens is 367 g/mol. The maximum Gasteiger partial charge on any atom is 0.356 e. The number of aromatic hydroxyl groups is 1. The van der Waals surface area contributed by atoms with E-state index in [1.54, 1.807) is 24.3 Å². The average Bonchev–Trinajstić information content (AvgIpc) is 2.95. The molecule has 128 valence electrons. The zero-order valence-corrected chi connectivity index (χ0v) is 14.2. The molecule has 3 N–H and O–H groups in total. The molecule has 3 aromatic rings. The lowest BCUT2D eigenvalue weighted by Gasteiger charge is -2.11. The van der Waals surface area contributed by atoms with Crippen molar-refractivity contribution in [2.45, 2.75) is 6.61 Å². The second-order valence-corrected chi connectivity index (χ2v) is 6.04. The van der Waals surface area contributed by atoms with Gasteiger partial charge in [0.05, 0.1) is 23.0 Å². The van der Waals surface area contributed by atoms with Crippen molar-refractivity contribution in [2.24, 2.45) is 0 Å². The summed E-state index contributed by atoms with van der Waals surface area (Å²) in [7, 11) is 0. The molecule has 0 unspecified atom stereocenters. The summed E-state index contributed by atoms with van der Waals surface area (Å²) >= 11 is 12.2. The van der Waals surface area contributed by atoms with Crippen molar-refractivity contribution in [3.63, 3.8) is 0 Å². The summed E-state index contributed by atoms with van der Waals surface area (Å²) < 4.78 is 1.35. The number of rotatable bonds is 4. The monoisotopic (exact) mass is 378 g/mol. The smallest absolute Gasteiger partial charge is 0.356 e. The number of phenols is 1. The normalized spacial score (nSPS) is 10.8. The van der Waals surface area contributed by atoms with Crippen LogP contribution in [-0.2, 0) is 6.61 Å². The molecule has 0 radical (unpaired) electrons. The maximum atomic E-state index is 11.5. The van der Waals surface area contributed by atoms with Gasteiger partial charge in [-0.3, -0.25) is 0 Å². The number of hydrogen-bond acceptors (Lipinski definition) is 4. The van der Waals surface area contributed by atoms with Crippen LogP contribution in [0.2, 0.25) is 10.0 Å². The van der Waals surface area contributed by atoms with E-state index in [1.165, 1.54) is 22.9 Å². The lowest BCUT2D eigenvalue weighted by atomic mass is 10.1. The maximum absolute atomic E-state index is 11.5. The lowest BCUT2D eigenvalue weighted by Crippen LogP contribution is -2.03. The SMILES string of the molecule is O=C(O)c1nn(-c2ccc(Cl)cc2Cl)c(-c2ccc(O)cc2)c1CO. The van der Waals surface area contributed by atoms with Gasteiger partial charge in [0.25, 0.3) is 0 Å². The quantitative estimate of drug-likeness (QED) is 0.642. The minimum atomic E-state index is -1.27. The molecule has 3 rings (SSSR count). The number of hydrogen-bond donors (Lipinski definition) is 3. The third-order valence-corrected chi connectivity index (χ3v) is 4.16. The van der Waals surface area contributed by atoms with Crippen molar-refractivity contribution < 1.29 is 20.1 Å². The van der Waals surface area contributed by atoms with Crippen LogP contribution in [0.4, 0.5) is 0 Å². The van der Waals surface area contributed by atoms with Gasteiger partial charge in [-0.2, -0.15) is 5.10 Å². The van der Waals surface area contributed by atoms with E-state index in [0.717, 1.165) is 0 Å². The number of carboxylic acid groups (broad SMARTS) is 1. The molecule has 6 nitrogen and oxygen atoms in total. The Bertz CT molecular complexity index is 952. The number of aliphatic hydroxyl groups excluding tert-OH is 1. The summed E-state index contributed by atoms with van der Waals surface area (Å²) in [5.74, 6) is -1.21. The van der Waals surface area contributed by atoms with E-state index < -0.39 is 12.6 Å². The van der Waals surface area contributed by atoms with Crippen molar-refractivity contribution in [2.75, 3.05) is 0 Å². The molecule has 0 aliphatic rings. The van der Waals surface area contributed by atoms with Crippen molar-refractivity contribution in [1.82, 2.24) is 9.78 Å². The number of carbonyl (C=O) groups is 1. The largest absolute Gasteiger partial charge is 0.508 e. The fraction of sp³-hybridized carbons (Fsp3) is 0.0588. The number of carboxylic acids is 1. The summed E-state index contributed by atoms with van der Waals surface area (Å²) in [5.41, 5.74) is 1.20. The second-order valence-electron chi connectivity index (χ2n) is 5.19. The Hall–Kier alpha value is -2.54. The van der Waals surface area contributed by atoms with Crippen LogP contribution in [0.1, 0.15) is 16.1 Å². The van der Waals surface area contributed by atoms with Crippen LogP contribution in [0.3, 0.4) is 0 Å². The van der Waals surface area contributed by atoms with Crippen LogP contribution in [0.5, 0.6) is 5.75 Å². The predicted molar refractivity (Wildman–Crippen MR) is 93.6 cm³/mol. The van der Waals surface area contributed by atoms with Gasteiger partial charge in [0.1, 0.15) is 5.75 Å². The van der Waals surface area contributed by atoms with Crippen molar-refractivity contribution in [3.8, 4) is 22.7 Å². The minimum Gasteiger partial charge on any atom is -0.508 e. The number of aromatic nitrogens is 2. The Labute approximate surface area is 152 Å². The first-order chi connectivity index (χ1) is 11.9. The topological polar surface area (TPSA) is 95.6 Å². The standard InChI is InChI=1S/C17H12Cl2N2O4/c18-10-3-6-14(13(19)7-10)21-16(9-1-4-11(23)5-2-9)12(8-22)15(20-21)17(24)25/h1-7,22-23H,8H2,(H,24,25). The molecule has 2 aromatic carbocycles. The molecule has 0 saturated carbocycles. The Kier molecular flexibility index (Phi) is 4.67. The molecule has 0 spiro atoms. The highest BCUT2D eigenvalue weighted by Crippen LogP contribution is 2.33. The van der Waals surface area contributed by atoms with Gasteiger partial charge in [0, 0.05) is 16.1 Å². The van der Waals surface area contributed by atoms with Crippen molar-refractivity contribution in [1.29, 1.82) is 0 Å². The number of nitrogens with zero attached hydrogens (tertiary/aromatic N) is 2. The molecule has 0 aliphatic heterocycles. The van der Waals surface area contributed by atoms with Gasteiger partial charge in [-0.05, 0) is 42.5 Å². The van der Waals surface area contributed by atoms with Crippen LogP contribution >= 0.6 is 23.2 Å². The molecule has 8 heteroatoms. The van der Waals surface area contributed by atoms with Crippen molar-refractivity contribution in [3.05, 3.63) is 63.8 Å². The highest BCUT2D eigenvalue weighted by molar-refractivity contribution is 6.35. The van der Waals surface area contributed by atoms with Gasteiger partial charge >= 0.3 is 5.97 Å². The molecule has 0 aliphatic carbocycles. The number of halogens is 2. The van der Waals surface area contributed by atoms with Crippen molar-refractivity contribution >= 4 is 29.2 Å². The third-order valence-electron chi connectivity index (χ3n) is 3.62. The van der Waals surface area contributed by atoms with Gasteiger partial charge in [-0.1, -0.05) is 23.2 Å². The molecule has 1 heterocycles. The molecule has 25 heavy (non-hydrogen) atoms. The van der Waals surface area contributed by atoms with E-state index in [-0.39, 0.29) is 22.0 Å². The predicted octanol–water partition coefficient (Wildman–Crippen LogP) is 3.74. The zero-order valence-electron chi connectivity index (χ0n) is 12.6. The highest BCUT2D eigenvalue weighted by Gasteiger charge is 2.24. The fourth-order valence-electron chi connectivity index (χ4n) is 2.52. The van der Waals surface area contributed by atoms with Crippen LogP contribution in [-0.4, -0.2) is 31.1 Å². The van der Waals surface area contributed by atoms with Gasteiger partial charge in [-0.25, -0.2) is 9.48 Å². The first-order valence-corrected chi connectivity index (χ1v) is 7.89. The summed E-state index contributed by atoms with van der Waals surface area (Å²) in [6.07, 6.45) is 0. The van der Waals surface area contributed by atoms with Crippen LogP contribution in [0.15, 0.2) is 42.5 Å². The first kappa shape index (κ1) is 17.3. The van der Waals surface area contributed by atoms with E-state index in [9.17, 15) is 20.1 Å². The Morgan fingerprint density at radius 2 is 1.80 bits per heavy atom. The lowest BCUT2D eigenvalue weighted by molar-refractivity contribution is 0.0686. The molecule has 0 atom stereocenters. The van der Waals surface area contributed by atoms with Gasteiger partial charge in [0.15, 0.2) is 5.69 Å². The molecule has 0 saturated heterocycles. The van der Waals surface area contributed by atoms with E-state index >= 15 is 0 Å². The third kappa shape index (κ3) is 3.19. The molecule has 1 aromatic heterocycles. The number of aromatic carboxylic acids is 1. The number of benzene rings is 2. The Morgan fingerprint density at radius 1 is 1.12 bits per heavy atom. The number of aliphatic hydroxyl groups is 1. The Balaban J connectivity index is 2.34. The molecular formula is C17H12Cl2N2O4. The molecule has 0 amide bonds. The summed E-state index contributed by atoms with van der Waals surface area (Å²) in [6, 6.07) is 10.8. The van der Waals surface area contributed by atoms with Gasteiger partial charge in [-0.15, -0.1) is 0 Å². The van der Waals surface area contributed by atoms with Crippen LogP contribution in [0.25, 0.3) is 16.9 Å². The molecule has 0 bridgehead atoms. The summed E-state index contributed by atoms with van der Waals surface area (Å²) in [6.45, 7) is -0.525. The fourth-order valence-corrected chi connectivity index (χ4v) is 3.00. The average molecular weight is 379 g/mol. The van der Waals surface area contributed by atoms with Gasteiger partial charge < -0.3 is 15.3 Å². The van der Waals surface area contributed by atoms with Crippen LogP contribution < -0.4 is 0 Å². The van der Waals surface area contributed by atoms with E-state index in [4.69, 9.17) is 23.2 Å². The summed E-state index contributed by atoms with van der Waals surface area (Å²) in [4.78, 5) is 11.5. The summed E-state index contributed by atoms with van der Waals surface area (Å²) in [5, 5.41) is 33.4. The van der Waals surface area contributed by atoms with Crippen LogP contribution in [0, 0.1) is 0 Å². The molecule has 0 fully saturated rings.